The summed E-state index contributed by atoms with van der Waals surface area (Å²) in [5.74, 6) is -2.78. The monoisotopic (exact) mass is 386 g/mol. The fraction of sp³-hybridized carbons (Fsp3) is 0.286. The van der Waals surface area contributed by atoms with Crippen molar-refractivity contribution in [1.29, 1.82) is 0 Å². The quantitative estimate of drug-likeness (QED) is 0.646. The zero-order valence-electron chi connectivity index (χ0n) is 16.0. The minimum Gasteiger partial charge on any atom is -0.319 e. The normalized spacial score (nSPS) is 19.1. The highest BCUT2D eigenvalue weighted by Crippen LogP contribution is 2.31. The molecule has 0 saturated carbocycles. The molecular weight excluding hydrogens is 366 g/mol. The lowest BCUT2D eigenvalue weighted by atomic mass is 9.91. The van der Waals surface area contributed by atoms with Crippen LogP contribution in [-0.2, 0) is 10.3 Å². The maximum atomic E-state index is 14.2. The summed E-state index contributed by atoms with van der Waals surface area (Å²) in [7, 11) is 0. The van der Waals surface area contributed by atoms with Gasteiger partial charge in [0.1, 0.15) is 17.2 Å². The van der Waals surface area contributed by atoms with Gasteiger partial charge in [-0.25, -0.2) is 13.6 Å². The third-order valence-corrected chi connectivity index (χ3v) is 5.18. The summed E-state index contributed by atoms with van der Waals surface area (Å²) in [4.78, 5) is 38.7. The van der Waals surface area contributed by atoms with E-state index in [2.05, 4.69) is 5.32 Å². The van der Waals surface area contributed by atoms with Crippen molar-refractivity contribution >= 4 is 17.7 Å². The van der Waals surface area contributed by atoms with Gasteiger partial charge in [0.05, 0.1) is 6.54 Å². The topological polar surface area (TPSA) is 66.5 Å². The number of Topliss-reactive ketones (excluding diaryl/α,β-unsaturated/α-hetero) is 1. The first-order chi connectivity index (χ1) is 13.0. The van der Waals surface area contributed by atoms with Gasteiger partial charge < -0.3 is 5.32 Å². The van der Waals surface area contributed by atoms with Crippen LogP contribution < -0.4 is 5.32 Å². The minimum atomic E-state index is -1.79. The molecule has 0 unspecified atom stereocenters. The van der Waals surface area contributed by atoms with Gasteiger partial charge in [-0.1, -0.05) is 6.07 Å². The summed E-state index contributed by atoms with van der Waals surface area (Å²) in [5.41, 5.74) is 1.01. The lowest BCUT2D eigenvalue weighted by molar-refractivity contribution is -0.130. The molecular formula is C21H20F2N2O3. The number of hydrogen-bond acceptors (Lipinski definition) is 3. The van der Waals surface area contributed by atoms with E-state index in [1.54, 1.807) is 13.0 Å². The summed E-state index contributed by atoms with van der Waals surface area (Å²) in [6.07, 6.45) is 0. The van der Waals surface area contributed by atoms with Crippen molar-refractivity contribution in [3.05, 3.63) is 69.8 Å². The minimum absolute atomic E-state index is 0.289. The molecule has 1 atom stereocenters. The summed E-state index contributed by atoms with van der Waals surface area (Å²) in [6, 6.07) is 5.43. The van der Waals surface area contributed by atoms with E-state index in [4.69, 9.17) is 0 Å². The molecule has 28 heavy (non-hydrogen) atoms. The van der Waals surface area contributed by atoms with Crippen LogP contribution in [-0.4, -0.2) is 29.2 Å². The van der Waals surface area contributed by atoms with Gasteiger partial charge in [0.2, 0.25) is 0 Å². The number of ketones is 1. The third-order valence-electron chi connectivity index (χ3n) is 5.18. The molecule has 2 aromatic carbocycles. The molecule has 1 aliphatic heterocycles. The summed E-state index contributed by atoms with van der Waals surface area (Å²) in [5, 5.41) is 2.38. The predicted molar refractivity (Wildman–Crippen MR) is 98.9 cm³/mol. The first-order valence-corrected chi connectivity index (χ1v) is 8.75. The lowest BCUT2D eigenvalue weighted by Gasteiger charge is -2.22. The van der Waals surface area contributed by atoms with Gasteiger partial charge in [-0.05, 0) is 68.7 Å². The summed E-state index contributed by atoms with van der Waals surface area (Å²) < 4.78 is 27.8. The molecule has 0 spiro atoms. The van der Waals surface area contributed by atoms with Crippen molar-refractivity contribution in [2.75, 3.05) is 6.54 Å². The van der Waals surface area contributed by atoms with E-state index in [-0.39, 0.29) is 5.56 Å². The fourth-order valence-electron chi connectivity index (χ4n) is 3.39. The number of halogens is 2. The molecule has 1 N–H and O–H groups in total. The number of rotatable bonds is 4. The number of amides is 3. The number of benzene rings is 2. The average molecular weight is 386 g/mol. The van der Waals surface area contributed by atoms with Crippen LogP contribution in [0.15, 0.2) is 30.3 Å². The highest BCUT2D eigenvalue weighted by Gasteiger charge is 2.50. The number of imide groups is 1. The molecule has 1 heterocycles. The summed E-state index contributed by atoms with van der Waals surface area (Å²) in [6.45, 7) is 6.37. The van der Waals surface area contributed by atoms with E-state index >= 15 is 0 Å². The number of nitrogens with zero attached hydrogens (tertiary/aromatic N) is 1. The van der Waals surface area contributed by atoms with Gasteiger partial charge in [-0.2, -0.15) is 0 Å². The number of carbonyl (C=O) groups excluding carboxylic acids is 3. The van der Waals surface area contributed by atoms with Crippen LogP contribution in [0.4, 0.5) is 13.6 Å². The summed E-state index contributed by atoms with van der Waals surface area (Å²) >= 11 is 0. The lowest BCUT2D eigenvalue weighted by Crippen LogP contribution is -2.42. The maximum absolute atomic E-state index is 14.2. The van der Waals surface area contributed by atoms with Crippen molar-refractivity contribution in [1.82, 2.24) is 10.2 Å². The Morgan fingerprint density at radius 1 is 1.04 bits per heavy atom. The number of urea groups is 1. The predicted octanol–water partition coefficient (Wildman–Crippen LogP) is 3.54. The highest BCUT2D eigenvalue weighted by molar-refractivity contribution is 6.11. The van der Waals surface area contributed by atoms with Gasteiger partial charge in [0.15, 0.2) is 5.78 Å². The largest absolute Gasteiger partial charge is 0.325 e. The SMILES string of the molecule is Cc1cc(C)c(C(=O)CN2C(=O)N[C@](C)(c3cc(F)ccc3F)C2=O)cc1C. The molecule has 0 radical (unpaired) electrons. The average Bonchev–Trinajstić information content (AvgIpc) is 2.84. The van der Waals surface area contributed by atoms with E-state index in [1.807, 2.05) is 19.9 Å². The molecule has 146 valence electrons. The molecule has 0 bridgehead atoms. The van der Waals surface area contributed by atoms with Crippen LogP contribution in [0, 0.1) is 32.4 Å². The molecule has 2 aromatic rings. The molecule has 1 saturated heterocycles. The van der Waals surface area contributed by atoms with Crippen molar-refractivity contribution in [3.63, 3.8) is 0 Å². The number of nitrogens with one attached hydrogen (secondary N) is 1. The Morgan fingerprint density at radius 2 is 1.68 bits per heavy atom. The molecule has 1 aliphatic rings. The van der Waals surface area contributed by atoms with Crippen molar-refractivity contribution < 1.29 is 23.2 Å². The van der Waals surface area contributed by atoms with Crippen molar-refractivity contribution in [2.45, 2.75) is 33.2 Å². The van der Waals surface area contributed by atoms with Crippen molar-refractivity contribution in [3.8, 4) is 0 Å². The Hall–Kier alpha value is -3.09. The maximum Gasteiger partial charge on any atom is 0.325 e. The van der Waals surface area contributed by atoms with Crippen LogP contribution in [0.3, 0.4) is 0 Å². The second kappa shape index (κ2) is 6.82. The van der Waals surface area contributed by atoms with E-state index in [0.717, 1.165) is 39.8 Å². The Morgan fingerprint density at radius 3 is 2.36 bits per heavy atom. The molecule has 3 rings (SSSR count). The van der Waals surface area contributed by atoms with Crippen LogP contribution in [0.2, 0.25) is 0 Å². The van der Waals surface area contributed by atoms with Gasteiger partial charge in [0, 0.05) is 11.1 Å². The van der Waals surface area contributed by atoms with Crippen molar-refractivity contribution in [2.24, 2.45) is 0 Å². The highest BCUT2D eigenvalue weighted by atomic mass is 19.1. The third kappa shape index (κ3) is 3.17. The second-order valence-electron chi connectivity index (χ2n) is 7.25. The molecule has 5 nitrogen and oxygen atoms in total. The van der Waals surface area contributed by atoms with Gasteiger partial charge in [-0.15, -0.1) is 0 Å². The van der Waals surface area contributed by atoms with Gasteiger partial charge in [0.25, 0.3) is 5.91 Å². The second-order valence-corrected chi connectivity index (χ2v) is 7.25. The van der Waals surface area contributed by atoms with Crippen LogP contribution in [0.25, 0.3) is 0 Å². The Labute approximate surface area is 161 Å². The Balaban J connectivity index is 1.91. The first-order valence-electron chi connectivity index (χ1n) is 8.75. The molecule has 0 aromatic heterocycles. The zero-order valence-corrected chi connectivity index (χ0v) is 16.0. The van der Waals surface area contributed by atoms with Gasteiger partial charge in [-0.3, -0.25) is 14.5 Å². The molecule has 7 heteroatoms. The zero-order chi connectivity index (χ0) is 20.8. The number of hydrogen-bond donors (Lipinski definition) is 1. The Kier molecular flexibility index (Phi) is 4.79. The van der Waals surface area contributed by atoms with Crippen LogP contribution in [0.5, 0.6) is 0 Å². The van der Waals surface area contributed by atoms with Gasteiger partial charge >= 0.3 is 6.03 Å². The number of aryl methyl sites for hydroxylation is 3. The Bertz CT molecular complexity index is 1020. The van der Waals surface area contributed by atoms with E-state index in [1.165, 1.54) is 6.92 Å². The first kappa shape index (κ1) is 19.7. The molecule has 0 aliphatic carbocycles. The fourth-order valence-corrected chi connectivity index (χ4v) is 3.39. The van der Waals surface area contributed by atoms with E-state index < -0.39 is 41.4 Å². The number of carbonyl (C=O) groups is 3. The van der Waals surface area contributed by atoms with Crippen LogP contribution >= 0.6 is 0 Å². The molecule has 1 fully saturated rings. The standard InChI is InChI=1S/C21H20F2N2O3/c1-11-7-13(3)15(8-12(11)2)18(26)10-25-19(27)21(4,24-20(25)28)16-9-14(22)5-6-17(16)23/h5-9H,10H2,1-4H3,(H,24,28)/t21-/m1/s1. The van der Waals surface area contributed by atoms with E-state index in [0.29, 0.717) is 5.56 Å². The van der Waals surface area contributed by atoms with Crippen LogP contribution in [0.1, 0.15) is 39.5 Å². The molecule has 3 amide bonds. The van der Waals surface area contributed by atoms with E-state index in [9.17, 15) is 23.2 Å². The smallest absolute Gasteiger partial charge is 0.319 e.